The van der Waals surface area contributed by atoms with Crippen molar-refractivity contribution in [2.24, 2.45) is 0 Å². The molecule has 3 aromatic carbocycles. The molecule has 0 unspecified atom stereocenters. The molecule has 6 nitrogen and oxygen atoms in total. The molecule has 0 aromatic heterocycles. The van der Waals surface area contributed by atoms with Crippen LogP contribution in [0.1, 0.15) is 54.2 Å². The number of nitrogens with zero attached hydrogens (tertiary/aromatic N) is 2. The first-order valence-electron chi connectivity index (χ1n) is 12.0. The number of carboxylic acids is 1. The van der Waals surface area contributed by atoms with E-state index in [9.17, 15) is 20.0 Å². The summed E-state index contributed by atoms with van der Waals surface area (Å²) < 4.78 is 6.49. The summed E-state index contributed by atoms with van der Waals surface area (Å²) in [5, 5.41) is 20.6. The van der Waals surface area contributed by atoms with Crippen molar-refractivity contribution in [2.75, 3.05) is 0 Å². The molecule has 0 saturated carbocycles. The van der Waals surface area contributed by atoms with E-state index in [0.29, 0.717) is 27.6 Å². The Balaban J connectivity index is 1.85. The Morgan fingerprint density at radius 1 is 1.05 bits per heavy atom. The SMILES string of the molecule is CCC[C@H](C(=O)O)N1C(=O)[C@H](Cc2cccc(C#N)c2)O[C@@H](c2ccc(Cl)cc2)[C@H]1c1ccc(Cl)cc1. The van der Waals surface area contributed by atoms with E-state index in [1.807, 2.05) is 25.1 Å². The number of nitriles is 1. The molecule has 1 N–H and O–H groups in total. The van der Waals surface area contributed by atoms with Gasteiger partial charge in [0.05, 0.1) is 17.7 Å². The number of aliphatic carboxylic acids is 1. The van der Waals surface area contributed by atoms with Crippen molar-refractivity contribution >= 4 is 35.1 Å². The molecule has 0 aliphatic carbocycles. The molecule has 37 heavy (non-hydrogen) atoms. The summed E-state index contributed by atoms with van der Waals surface area (Å²) in [6, 6.07) is 21.5. The number of benzene rings is 3. The Labute approximate surface area is 226 Å². The van der Waals surface area contributed by atoms with E-state index in [4.69, 9.17) is 27.9 Å². The molecule has 0 radical (unpaired) electrons. The minimum Gasteiger partial charge on any atom is -0.480 e. The quantitative estimate of drug-likeness (QED) is 0.361. The van der Waals surface area contributed by atoms with Crippen LogP contribution in [-0.2, 0) is 20.7 Å². The van der Waals surface area contributed by atoms with Gasteiger partial charge >= 0.3 is 5.97 Å². The van der Waals surface area contributed by atoms with Crippen LogP contribution in [0.2, 0.25) is 10.0 Å². The maximum atomic E-state index is 14.0. The minimum atomic E-state index is -1.07. The van der Waals surface area contributed by atoms with E-state index in [2.05, 4.69) is 6.07 Å². The molecule has 8 heteroatoms. The van der Waals surface area contributed by atoms with Crippen molar-refractivity contribution in [3.8, 4) is 6.07 Å². The number of carbonyl (C=O) groups excluding carboxylic acids is 1. The zero-order valence-electron chi connectivity index (χ0n) is 20.2. The van der Waals surface area contributed by atoms with Gasteiger partial charge in [0.1, 0.15) is 18.2 Å². The number of hydrogen-bond donors (Lipinski definition) is 1. The average Bonchev–Trinajstić information content (AvgIpc) is 2.89. The van der Waals surface area contributed by atoms with Gasteiger partial charge in [-0.1, -0.05) is 72.9 Å². The third kappa shape index (κ3) is 5.97. The zero-order valence-corrected chi connectivity index (χ0v) is 21.7. The van der Waals surface area contributed by atoms with Gasteiger partial charge in [0, 0.05) is 16.5 Å². The average molecular weight is 537 g/mol. The number of carbonyl (C=O) groups is 2. The van der Waals surface area contributed by atoms with E-state index >= 15 is 0 Å². The van der Waals surface area contributed by atoms with Crippen molar-refractivity contribution in [2.45, 2.75) is 50.5 Å². The summed E-state index contributed by atoms with van der Waals surface area (Å²) >= 11 is 12.3. The summed E-state index contributed by atoms with van der Waals surface area (Å²) in [7, 11) is 0. The van der Waals surface area contributed by atoms with Gasteiger partial charge in [0.2, 0.25) is 0 Å². The highest BCUT2D eigenvalue weighted by molar-refractivity contribution is 6.30. The Morgan fingerprint density at radius 2 is 1.68 bits per heavy atom. The Kier molecular flexibility index (Phi) is 8.50. The maximum absolute atomic E-state index is 14.0. The van der Waals surface area contributed by atoms with Crippen molar-refractivity contribution in [3.05, 3.63) is 105 Å². The van der Waals surface area contributed by atoms with Crippen LogP contribution in [0.5, 0.6) is 0 Å². The number of morpholine rings is 1. The van der Waals surface area contributed by atoms with E-state index in [1.54, 1.807) is 54.6 Å². The first-order chi connectivity index (χ1) is 17.8. The lowest BCUT2D eigenvalue weighted by atomic mass is 9.88. The lowest BCUT2D eigenvalue weighted by Gasteiger charge is -2.47. The van der Waals surface area contributed by atoms with Crippen LogP contribution in [0.4, 0.5) is 0 Å². The molecule has 3 aromatic rings. The first kappa shape index (κ1) is 26.7. The lowest BCUT2D eigenvalue weighted by Crippen LogP contribution is -2.57. The van der Waals surface area contributed by atoms with Gasteiger partial charge < -0.3 is 14.7 Å². The van der Waals surface area contributed by atoms with Gasteiger partial charge in [-0.2, -0.15) is 5.26 Å². The molecule has 4 atom stereocenters. The van der Waals surface area contributed by atoms with Gasteiger partial charge in [-0.3, -0.25) is 4.79 Å². The molecule has 1 amide bonds. The molecule has 0 bridgehead atoms. The molecular formula is C29H26Cl2N2O4. The van der Waals surface area contributed by atoms with Crippen molar-refractivity contribution in [1.29, 1.82) is 5.26 Å². The topological polar surface area (TPSA) is 90.6 Å². The fourth-order valence-corrected chi connectivity index (χ4v) is 5.04. The lowest BCUT2D eigenvalue weighted by molar-refractivity contribution is -0.184. The highest BCUT2D eigenvalue weighted by atomic mass is 35.5. The molecule has 1 heterocycles. The molecule has 190 valence electrons. The second kappa shape index (κ2) is 11.8. The van der Waals surface area contributed by atoms with Crippen LogP contribution in [-0.4, -0.2) is 34.0 Å². The molecule has 1 aliphatic heterocycles. The van der Waals surface area contributed by atoms with E-state index in [-0.39, 0.29) is 12.8 Å². The van der Waals surface area contributed by atoms with Gasteiger partial charge in [0.15, 0.2) is 0 Å². The summed E-state index contributed by atoms with van der Waals surface area (Å²) in [6.45, 7) is 1.89. The van der Waals surface area contributed by atoms with E-state index in [0.717, 1.165) is 11.1 Å². The molecule has 1 saturated heterocycles. The van der Waals surface area contributed by atoms with Crippen LogP contribution in [0.15, 0.2) is 72.8 Å². The monoisotopic (exact) mass is 536 g/mol. The van der Waals surface area contributed by atoms with Crippen LogP contribution >= 0.6 is 23.2 Å². The van der Waals surface area contributed by atoms with Crippen molar-refractivity contribution in [3.63, 3.8) is 0 Å². The van der Waals surface area contributed by atoms with Gasteiger partial charge in [-0.25, -0.2) is 4.79 Å². The van der Waals surface area contributed by atoms with Gasteiger partial charge in [-0.05, 0) is 59.5 Å². The van der Waals surface area contributed by atoms with Crippen LogP contribution in [0, 0.1) is 11.3 Å². The predicted octanol–water partition coefficient (Wildman–Crippen LogP) is 6.37. The Bertz CT molecular complexity index is 1300. The minimum absolute atomic E-state index is 0.195. The van der Waals surface area contributed by atoms with Crippen LogP contribution in [0.3, 0.4) is 0 Å². The number of rotatable bonds is 8. The normalized spacial score (nSPS) is 20.3. The largest absolute Gasteiger partial charge is 0.480 e. The third-order valence-electron chi connectivity index (χ3n) is 6.50. The summed E-state index contributed by atoms with van der Waals surface area (Å²) in [4.78, 5) is 28.0. The number of halogens is 2. The number of amides is 1. The van der Waals surface area contributed by atoms with Gasteiger partial charge in [0.25, 0.3) is 5.91 Å². The fraction of sp³-hybridized carbons (Fsp3) is 0.276. The van der Waals surface area contributed by atoms with E-state index in [1.165, 1.54) is 4.90 Å². The Hall–Kier alpha value is -3.37. The van der Waals surface area contributed by atoms with E-state index < -0.39 is 36.2 Å². The highest BCUT2D eigenvalue weighted by Gasteiger charge is 2.48. The van der Waals surface area contributed by atoms with Gasteiger partial charge in [-0.15, -0.1) is 0 Å². The molecule has 0 spiro atoms. The first-order valence-corrected chi connectivity index (χ1v) is 12.8. The number of carboxylic acid groups (broad SMARTS) is 1. The number of hydrogen-bond acceptors (Lipinski definition) is 4. The van der Waals surface area contributed by atoms with Crippen molar-refractivity contribution in [1.82, 2.24) is 4.90 Å². The van der Waals surface area contributed by atoms with Crippen molar-refractivity contribution < 1.29 is 19.4 Å². The second-order valence-electron chi connectivity index (χ2n) is 9.00. The molecular weight excluding hydrogens is 511 g/mol. The van der Waals surface area contributed by atoms with Crippen LogP contribution < -0.4 is 0 Å². The summed E-state index contributed by atoms with van der Waals surface area (Å²) in [6.07, 6.45) is -0.554. The molecule has 1 aliphatic rings. The summed E-state index contributed by atoms with van der Waals surface area (Å²) in [5.74, 6) is -1.48. The summed E-state index contributed by atoms with van der Waals surface area (Å²) in [5.41, 5.74) is 2.70. The number of ether oxygens (including phenoxy) is 1. The predicted molar refractivity (Wildman–Crippen MR) is 141 cm³/mol. The van der Waals surface area contributed by atoms with Crippen LogP contribution in [0.25, 0.3) is 0 Å². The molecule has 1 fully saturated rings. The fourth-order valence-electron chi connectivity index (χ4n) is 4.79. The Morgan fingerprint density at radius 3 is 2.24 bits per heavy atom. The second-order valence-corrected chi connectivity index (χ2v) is 9.87. The maximum Gasteiger partial charge on any atom is 0.326 e. The highest BCUT2D eigenvalue weighted by Crippen LogP contribution is 2.44. The third-order valence-corrected chi connectivity index (χ3v) is 7.00. The zero-order chi connectivity index (χ0) is 26.5. The standard InChI is InChI=1S/C29H26Cl2N2O4/c1-2-4-24(29(35)36)33-26(20-7-11-22(30)12-8-20)27(21-9-13-23(31)14-10-21)37-25(28(33)34)16-18-5-3-6-19(15-18)17-32/h3,5-15,24-27H,2,4,16H2,1H3,(H,35,36)/t24-,25+,26-,27+/m1/s1. The smallest absolute Gasteiger partial charge is 0.326 e. The molecule has 4 rings (SSSR count).